The van der Waals surface area contributed by atoms with Gasteiger partial charge < -0.3 is 14.8 Å². The minimum absolute atomic E-state index is 0.00663. The number of nitrogens with one attached hydrogen (secondary N) is 1. The van der Waals surface area contributed by atoms with Crippen molar-refractivity contribution in [2.75, 3.05) is 13.7 Å². The molecule has 1 rings (SSSR count). The van der Waals surface area contributed by atoms with Gasteiger partial charge in [-0.1, -0.05) is 20.8 Å². The van der Waals surface area contributed by atoms with Crippen LogP contribution in [0.1, 0.15) is 47.1 Å². The third-order valence-corrected chi connectivity index (χ3v) is 2.87. The molecule has 1 amide bonds. The Kier molecular flexibility index (Phi) is 5.26. The van der Waals surface area contributed by atoms with Crippen LogP contribution in [0.25, 0.3) is 0 Å². The van der Waals surface area contributed by atoms with E-state index < -0.39 is 0 Å². The zero-order chi connectivity index (χ0) is 16.3. The van der Waals surface area contributed by atoms with Crippen LogP contribution in [-0.4, -0.2) is 25.2 Å². The number of amides is 1. The van der Waals surface area contributed by atoms with Gasteiger partial charge in [0.05, 0.1) is 7.11 Å². The Balaban J connectivity index is 2.86. The third-order valence-electron chi connectivity index (χ3n) is 2.87. The molecule has 0 atom stereocenters. The van der Waals surface area contributed by atoms with Gasteiger partial charge in [0.1, 0.15) is 11.5 Å². The normalized spacial score (nSPS) is 12.0. The Morgan fingerprint density at radius 2 is 1.76 bits per heavy atom. The quantitative estimate of drug-likeness (QED) is 0.926. The summed E-state index contributed by atoms with van der Waals surface area (Å²) in [5.74, 6) is 1.37. The van der Waals surface area contributed by atoms with Crippen molar-refractivity contribution in [2.24, 2.45) is 0 Å². The second-order valence-electron chi connectivity index (χ2n) is 7.20. The summed E-state index contributed by atoms with van der Waals surface area (Å²) >= 11 is 0. The van der Waals surface area contributed by atoms with Crippen molar-refractivity contribution in [2.45, 2.75) is 52.5 Å². The smallest absolute Gasteiger partial charge is 0.258 e. The fourth-order valence-corrected chi connectivity index (χ4v) is 1.95. The van der Waals surface area contributed by atoms with Gasteiger partial charge in [-0.05, 0) is 44.4 Å². The molecule has 1 aromatic rings. The zero-order valence-corrected chi connectivity index (χ0v) is 14.2. The van der Waals surface area contributed by atoms with Gasteiger partial charge in [-0.3, -0.25) is 4.79 Å². The van der Waals surface area contributed by atoms with Gasteiger partial charge in [-0.25, -0.2) is 0 Å². The minimum atomic E-state index is -0.257. The van der Waals surface area contributed by atoms with Crippen molar-refractivity contribution in [3.8, 4) is 11.5 Å². The summed E-state index contributed by atoms with van der Waals surface area (Å²) in [5.41, 5.74) is 0.669. The summed E-state index contributed by atoms with van der Waals surface area (Å²) in [6.07, 6.45) is 0. The standard InChI is InChI=1S/C17H27NO3/c1-16(2,3)13-10-12(20-7)8-9-14(13)21-11-15(19)18-17(4,5)6/h8-10H,11H2,1-7H3,(H,18,19). The van der Waals surface area contributed by atoms with E-state index in [1.54, 1.807) is 7.11 Å². The van der Waals surface area contributed by atoms with Gasteiger partial charge in [-0.15, -0.1) is 0 Å². The maximum absolute atomic E-state index is 11.9. The molecule has 0 aliphatic carbocycles. The summed E-state index contributed by atoms with van der Waals surface area (Å²) in [4.78, 5) is 11.9. The first-order chi connectivity index (χ1) is 9.53. The van der Waals surface area contributed by atoms with Crippen molar-refractivity contribution in [3.05, 3.63) is 23.8 Å². The molecular weight excluding hydrogens is 266 g/mol. The number of carbonyl (C=O) groups excluding carboxylic acids is 1. The Morgan fingerprint density at radius 3 is 2.24 bits per heavy atom. The first kappa shape index (κ1) is 17.3. The molecular formula is C17H27NO3. The monoisotopic (exact) mass is 293 g/mol. The van der Waals surface area contributed by atoms with E-state index in [1.807, 2.05) is 39.0 Å². The van der Waals surface area contributed by atoms with Crippen LogP contribution in [0, 0.1) is 0 Å². The van der Waals surface area contributed by atoms with Crippen LogP contribution < -0.4 is 14.8 Å². The molecule has 0 heterocycles. The number of carbonyl (C=O) groups is 1. The number of hydrogen-bond acceptors (Lipinski definition) is 3. The van der Waals surface area contributed by atoms with E-state index in [0.29, 0.717) is 5.75 Å². The highest BCUT2D eigenvalue weighted by molar-refractivity contribution is 5.78. The van der Waals surface area contributed by atoms with Gasteiger partial charge in [0, 0.05) is 11.1 Å². The Bertz CT molecular complexity index is 496. The van der Waals surface area contributed by atoms with Gasteiger partial charge in [-0.2, -0.15) is 0 Å². The molecule has 0 radical (unpaired) electrons. The second-order valence-corrected chi connectivity index (χ2v) is 7.20. The molecule has 4 heteroatoms. The summed E-state index contributed by atoms with van der Waals surface area (Å²) in [6, 6.07) is 5.65. The average molecular weight is 293 g/mol. The lowest BCUT2D eigenvalue weighted by Gasteiger charge is -2.24. The van der Waals surface area contributed by atoms with Crippen LogP contribution in [0.3, 0.4) is 0 Å². The SMILES string of the molecule is COc1ccc(OCC(=O)NC(C)(C)C)c(C(C)(C)C)c1. The number of methoxy groups -OCH3 is 1. The lowest BCUT2D eigenvalue weighted by molar-refractivity contribution is -0.124. The number of benzene rings is 1. The van der Waals surface area contributed by atoms with Crippen LogP contribution >= 0.6 is 0 Å². The van der Waals surface area contributed by atoms with Crippen LogP contribution in [-0.2, 0) is 10.2 Å². The summed E-state index contributed by atoms with van der Waals surface area (Å²) in [6.45, 7) is 12.1. The van der Waals surface area contributed by atoms with Crippen molar-refractivity contribution >= 4 is 5.91 Å². The fourth-order valence-electron chi connectivity index (χ4n) is 1.95. The Hall–Kier alpha value is -1.71. The topological polar surface area (TPSA) is 47.6 Å². The Labute approximate surface area is 127 Å². The molecule has 4 nitrogen and oxygen atoms in total. The molecule has 0 aliphatic heterocycles. The first-order valence-electron chi connectivity index (χ1n) is 7.15. The van der Waals surface area contributed by atoms with Crippen molar-refractivity contribution in [1.82, 2.24) is 5.32 Å². The maximum Gasteiger partial charge on any atom is 0.258 e. The summed E-state index contributed by atoms with van der Waals surface area (Å²) < 4.78 is 11.0. The van der Waals surface area contributed by atoms with Gasteiger partial charge >= 0.3 is 0 Å². The molecule has 1 N–H and O–H groups in total. The average Bonchev–Trinajstić information content (AvgIpc) is 2.33. The minimum Gasteiger partial charge on any atom is -0.497 e. The summed E-state index contributed by atoms with van der Waals surface area (Å²) in [5, 5.41) is 2.88. The summed E-state index contributed by atoms with van der Waals surface area (Å²) in [7, 11) is 1.64. The van der Waals surface area contributed by atoms with E-state index in [2.05, 4.69) is 26.1 Å². The van der Waals surface area contributed by atoms with E-state index in [0.717, 1.165) is 11.3 Å². The molecule has 0 bridgehead atoms. The number of ether oxygens (including phenoxy) is 2. The van der Waals surface area contributed by atoms with E-state index in [9.17, 15) is 4.79 Å². The van der Waals surface area contributed by atoms with Gasteiger partial charge in [0.15, 0.2) is 6.61 Å². The zero-order valence-electron chi connectivity index (χ0n) is 14.2. The van der Waals surface area contributed by atoms with E-state index in [1.165, 1.54) is 0 Å². The van der Waals surface area contributed by atoms with Crippen LogP contribution in [0.5, 0.6) is 11.5 Å². The predicted molar refractivity (Wildman–Crippen MR) is 85.1 cm³/mol. The largest absolute Gasteiger partial charge is 0.497 e. The third kappa shape index (κ3) is 5.66. The van der Waals surface area contributed by atoms with E-state index in [-0.39, 0.29) is 23.5 Å². The molecule has 0 aromatic heterocycles. The van der Waals surface area contributed by atoms with E-state index in [4.69, 9.17) is 9.47 Å². The highest BCUT2D eigenvalue weighted by Crippen LogP contribution is 2.34. The van der Waals surface area contributed by atoms with E-state index >= 15 is 0 Å². The molecule has 1 aromatic carbocycles. The van der Waals surface area contributed by atoms with Crippen LogP contribution in [0.4, 0.5) is 0 Å². The lowest BCUT2D eigenvalue weighted by Crippen LogP contribution is -2.43. The number of hydrogen-bond donors (Lipinski definition) is 1. The van der Waals surface area contributed by atoms with Gasteiger partial charge in [0.2, 0.25) is 0 Å². The van der Waals surface area contributed by atoms with Crippen LogP contribution in [0.2, 0.25) is 0 Å². The molecule has 0 saturated carbocycles. The molecule has 0 unspecified atom stereocenters. The molecule has 0 aliphatic rings. The highest BCUT2D eigenvalue weighted by atomic mass is 16.5. The van der Waals surface area contributed by atoms with Crippen LogP contribution in [0.15, 0.2) is 18.2 Å². The molecule has 0 saturated heterocycles. The van der Waals surface area contributed by atoms with Crippen molar-refractivity contribution in [3.63, 3.8) is 0 Å². The molecule has 21 heavy (non-hydrogen) atoms. The molecule has 0 fully saturated rings. The number of rotatable bonds is 4. The first-order valence-corrected chi connectivity index (χ1v) is 7.15. The van der Waals surface area contributed by atoms with Gasteiger partial charge in [0.25, 0.3) is 5.91 Å². The van der Waals surface area contributed by atoms with Crippen molar-refractivity contribution in [1.29, 1.82) is 0 Å². The molecule has 0 spiro atoms. The second kappa shape index (κ2) is 6.37. The Morgan fingerprint density at radius 1 is 1.14 bits per heavy atom. The maximum atomic E-state index is 11.9. The predicted octanol–water partition coefficient (Wildman–Crippen LogP) is 3.29. The molecule has 118 valence electrons. The fraction of sp³-hybridized carbons (Fsp3) is 0.588. The highest BCUT2D eigenvalue weighted by Gasteiger charge is 2.21. The lowest BCUT2D eigenvalue weighted by atomic mass is 9.86. The van der Waals surface area contributed by atoms with Crippen molar-refractivity contribution < 1.29 is 14.3 Å².